The fourth-order valence-corrected chi connectivity index (χ4v) is 2.16. The summed E-state index contributed by atoms with van der Waals surface area (Å²) in [6.07, 6.45) is -0.262. The van der Waals surface area contributed by atoms with Crippen LogP contribution in [0.25, 0.3) is 0 Å². The zero-order chi connectivity index (χ0) is 22.9. The molecule has 0 heterocycles. The van der Waals surface area contributed by atoms with Gasteiger partial charge in [0, 0.05) is 7.11 Å². The van der Waals surface area contributed by atoms with E-state index in [1.807, 2.05) is 48.5 Å². The van der Waals surface area contributed by atoms with Gasteiger partial charge in [-0.15, -0.1) is 0 Å². The maximum Gasteiger partial charge on any atom is 0.0781 e. The van der Waals surface area contributed by atoms with E-state index in [4.69, 9.17) is 38.3 Å². The lowest BCUT2D eigenvalue weighted by Crippen LogP contribution is -2.30. The van der Waals surface area contributed by atoms with Crippen LogP contribution in [0.15, 0.2) is 0 Å². The molecule has 0 aliphatic carbocycles. The third-order valence-corrected chi connectivity index (χ3v) is 4.35. The van der Waals surface area contributed by atoms with Crippen LogP contribution in [0.3, 0.4) is 0 Å². The van der Waals surface area contributed by atoms with Crippen LogP contribution in [0.5, 0.6) is 0 Å². The van der Waals surface area contributed by atoms with E-state index in [0.29, 0.717) is 39.6 Å². The second-order valence-corrected chi connectivity index (χ2v) is 8.09. The molecule has 1 N–H and O–H groups in total. The highest BCUT2D eigenvalue weighted by atomic mass is 16.6. The van der Waals surface area contributed by atoms with Crippen molar-refractivity contribution in [3.63, 3.8) is 0 Å². The fourth-order valence-electron chi connectivity index (χ4n) is 2.16. The van der Waals surface area contributed by atoms with Crippen LogP contribution in [0.4, 0.5) is 0 Å². The minimum atomic E-state index is -0.177. The Labute approximate surface area is 183 Å². The summed E-state index contributed by atoms with van der Waals surface area (Å²) in [4.78, 5) is 0. The molecule has 0 amide bonds. The highest BCUT2D eigenvalue weighted by molar-refractivity contribution is 4.58. The highest BCUT2D eigenvalue weighted by Crippen LogP contribution is 2.04. The molecule has 0 spiro atoms. The molecular formula is C22H46O8. The summed E-state index contributed by atoms with van der Waals surface area (Å²) in [5.74, 6) is 0. The fraction of sp³-hybridized carbons (Fsp3) is 1.00. The van der Waals surface area contributed by atoms with Gasteiger partial charge in [-0.3, -0.25) is 0 Å². The molecule has 30 heavy (non-hydrogen) atoms. The Morgan fingerprint density at radius 2 is 0.667 bits per heavy atom. The molecule has 0 radical (unpaired) electrons. The largest absolute Gasteiger partial charge is 0.394 e. The molecule has 0 aromatic carbocycles. The minimum absolute atomic E-state index is 0.00583. The van der Waals surface area contributed by atoms with Crippen LogP contribution in [0.1, 0.15) is 48.5 Å². The molecule has 0 aliphatic rings. The lowest BCUT2D eigenvalue weighted by molar-refractivity contribution is -0.105. The van der Waals surface area contributed by atoms with Crippen molar-refractivity contribution >= 4 is 0 Å². The first-order valence-electron chi connectivity index (χ1n) is 11.0. The smallest absolute Gasteiger partial charge is 0.0781 e. The van der Waals surface area contributed by atoms with Gasteiger partial charge in [-0.05, 0) is 48.5 Å². The van der Waals surface area contributed by atoms with Gasteiger partial charge in [0.1, 0.15) is 0 Å². The van der Waals surface area contributed by atoms with E-state index in [1.165, 1.54) is 0 Å². The molecule has 0 aliphatic heterocycles. The number of hydrogen-bond donors (Lipinski definition) is 1. The molecule has 8 nitrogen and oxygen atoms in total. The molecule has 0 bridgehead atoms. The van der Waals surface area contributed by atoms with Gasteiger partial charge in [-0.2, -0.15) is 0 Å². The van der Waals surface area contributed by atoms with E-state index in [0.717, 1.165) is 0 Å². The Hall–Kier alpha value is -0.320. The molecule has 0 saturated heterocycles. The number of aliphatic hydroxyl groups excluding tert-OH is 1. The number of methoxy groups -OCH3 is 1. The first-order valence-corrected chi connectivity index (χ1v) is 11.0. The lowest BCUT2D eigenvalue weighted by atomic mass is 10.3. The van der Waals surface area contributed by atoms with Crippen molar-refractivity contribution in [3.05, 3.63) is 0 Å². The quantitative estimate of drug-likeness (QED) is 0.310. The van der Waals surface area contributed by atoms with E-state index < -0.39 is 0 Å². The molecular weight excluding hydrogens is 392 g/mol. The third kappa shape index (κ3) is 17.4. The monoisotopic (exact) mass is 438 g/mol. The Bertz CT molecular complexity index is 350. The summed E-state index contributed by atoms with van der Waals surface area (Å²) in [6.45, 7) is 16.6. The van der Waals surface area contributed by atoms with Gasteiger partial charge in [0.15, 0.2) is 0 Å². The highest BCUT2D eigenvalue weighted by Gasteiger charge is 2.13. The zero-order valence-corrected chi connectivity index (χ0v) is 20.3. The number of ether oxygens (including phenoxy) is 7. The van der Waals surface area contributed by atoms with Gasteiger partial charge in [0.05, 0.1) is 89.0 Å². The van der Waals surface area contributed by atoms with Crippen molar-refractivity contribution in [1.82, 2.24) is 0 Å². The van der Waals surface area contributed by atoms with Crippen molar-refractivity contribution < 1.29 is 38.3 Å². The van der Waals surface area contributed by atoms with Gasteiger partial charge in [-0.1, -0.05) is 0 Å². The SMILES string of the molecule is COC(C)COC(C)COC(C)COC(C)COC(C)COC(C)COC(C)CO. The van der Waals surface area contributed by atoms with Crippen LogP contribution >= 0.6 is 0 Å². The predicted molar refractivity (Wildman–Crippen MR) is 116 cm³/mol. The molecule has 7 atom stereocenters. The summed E-state index contributed by atoms with van der Waals surface area (Å²) in [7, 11) is 1.67. The van der Waals surface area contributed by atoms with Crippen LogP contribution in [-0.2, 0) is 33.2 Å². The van der Waals surface area contributed by atoms with E-state index in [1.54, 1.807) is 7.11 Å². The van der Waals surface area contributed by atoms with Gasteiger partial charge in [0.25, 0.3) is 0 Å². The van der Waals surface area contributed by atoms with Gasteiger partial charge in [0.2, 0.25) is 0 Å². The van der Waals surface area contributed by atoms with Gasteiger partial charge < -0.3 is 38.3 Å². The average Bonchev–Trinajstić information content (AvgIpc) is 2.74. The van der Waals surface area contributed by atoms with Crippen molar-refractivity contribution in [1.29, 1.82) is 0 Å². The van der Waals surface area contributed by atoms with Crippen LogP contribution < -0.4 is 0 Å². The van der Waals surface area contributed by atoms with E-state index >= 15 is 0 Å². The Kier molecular flexibility index (Phi) is 18.1. The molecule has 0 aromatic rings. The standard InChI is InChI=1S/C22H46O8/c1-16(9-23)25-11-18(3)27-13-20(5)29-15-22(7)30-14-21(6)28-12-19(4)26-10-17(2)24-8/h16-23H,9-15H2,1-8H3. The van der Waals surface area contributed by atoms with Crippen molar-refractivity contribution in [2.45, 2.75) is 91.2 Å². The summed E-state index contributed by atoms with van der Waals surface area (Å²) >= 11 is 0. The van der Waals surface area contributed by atoms with Gasteiger partial charge >= 0.3 is 0 Å². The summed E-state index contributed by atoms with van der Waals surface area (Å²) in [5, 5.41) is 8.95. The minimum Gasteiger partial charge on any atom is -0.394 e. The van der Waals surface area contributed by atoms with Crippen LogP contribution in [0, 0.1) is 0 Å². The average molecular weight is 439 g/mol. The van der Waals surface area contributed by atoms with E-state index in [-0.39, 0.29) is 49.3 Å². The maximum atomic E-state index is 8.95. The van der Waals surface area contributed by atoms with E-state index in [2.05, 4.69) is 0 Å². The van der Waals surface area contributed by atoms with Gasteiger partial charge in [-0.25, -0.2) is 0 Å². The first-order chi connectivity index (χ1) is 14.2. The molecule has 0 saturated carbocycles. The predicted octanol–water partition coefficient (Wildman–Crippen LogP) is 2.44. The van der Waals surface area contributed by atoms with Crippen molar-refractivity contribution in [3.8, 4) is 0 Å². The maximum absolute atomic E-state index is 8.95. The first kappa shape index (κ1) is 29.7. The second-order valence-electron chi connectivity index (χ2n) is 8.09. The normalized spacial score (nSPS) is 19.1. The van der Waals surface area contributed by atoms with Crippen LogP contribution in [-0.4, -0.2) is 101 Å². The van der Waals surface area contributed by atoms with Crippen molar-refractivity contribution in [2.24, 2.45) is 0 Å². The molecule has 8 heteroatoms. The molecule has 182 valence electrons. The Balaban J connectivity index is 3.78. The summed E-state index contributed by atoms with van der Waals surface area (Å²) < 4.78 is 39.4. The summed E-state index contributed by atoms with van der Waals surface area (Å²) in [6, 6.07) is 0. The van der Waals surface area contributed by atoms with Crippen LogP contribution in [0.2, 0.25) is 0 Å². The summed E-state index contributed by atoms with van der Waals surface area (Å²) in [5.41, 5.74) is 0. The Morgan fingerprint density at radius 3 is 0.900 bits per heavy atom. The number of aliphatic hydroxyl groups is 1. The number of hydrogen-bond acceptors (Lipinski definition) is 8. The lowest BCUT2D eigenvalue weighted by Gasteiger charge is -2.22. The Morgan fingerprint density at radius 1 is 0.433 bits per heavy atom. The zero-order valence-electron chi connectivity index (χ0n) is 20.3. The number of rotatable bonds is 20. The molecule has 0 fully saturated rings. The topological polar surface area (TPSA) is 84.8 Å². The molecule has 7 unspecified atom stereocenters. The second kappa shape index (κ2) is 18.3. The molecule has 0 rings (SSSR count). The van der Waals surface area contributed by atoms with Crippen molar-refractivity contribution in [2.75, 3.05) is 53.4 Å². The third-order valence-electron chi connectivity index (χ3n) is 4.35. The molecule has 0 aromatic heterocycles. The van der Waals surface area contributed by atoms with E-state index in [9.17, 15) is 0 Å².